The van der Waals surface area contributed by atoms with Gasteiger partial charge >= 0.3 is 6.18 Å². The Morgan fingerprint density at radius 3 is 2.34 bits per heavy atom. The van der Waals surface area contributed by atoms with Gasteiger partial charge in [0.1, 0.15) is 11.5 Å². The van der Waals surface area contributed by atoms with Gasteiger partial charge in [0.25, 0.3) is 12.3 Å². The molecule has 3 aromatic rings. The van der Waals surface area contributed by atoms with E-state index in [-0.39, 0.29) is 36.1 Å². The second-order valence-corrected chi connectivity index (χ2v) is 8.29. The van der Waals surface area contributed by atoms with Gasteiger partial charge in [0, 0.05) is 29.8 Å². The second kappa shape index (κ2) is 10.3. The zero-order valence-electron chi connectivity index (χ0n) is 19.1. The molecule has 186 valence electrons. The number of carbonyl (C=O) groups excluding carboxylic acids is 2. The first-order valence-electron chi connectivity index (χ1n) is 10.7. The smallest absolute Gasteiger partial charge is 0.328 e. The third kappa shape index (κ3) is 6.28. The number of hydrogen-bond donors (Lipinski definition) is 2. The normalized spacial score (nSPS) is 11.8. The van der Waals surface area contributed by atoms with E-state index in [1.807, 2.05) is 0 Å². The fourth-order valence-corrected chi connectivity index (χ4v) is 3.36. The van der Waals surface area contributed by atoms with Crippen molar-refractivity contribution in [3.05, 3.63) is 64.6 Å². The van der Waals surface area contributed by atoms with Crippen LogP contribution in [-0.4, -0.2) is 26.6 Å². The molecule has 0 saturated carbocycles. The van der Waals surface area contributed by atoms with Crippen LogP contribution in [0.25, 0.3) is 11.3 Å². The third-order valence-electron chi connectivity index (χ3n) is 5.33. The van der Waals surface area contributed by atoms with Crippen molar-refractivity contribution in [1.29, 1.82) is 0 Å². The molecule has 35 heavy (non-hydrogen) atoms. The Hall–Kier alpha value is -3.63. The highest BCUT2D eigenvalue weighted by Crippen LogP contribution is 2.31. The van der Waals surface area contributed by atoms with Crippen molar-refractivity contribution >= 4 is 17.6 Å². The molecule has 0 fully saturated rings. The van der Waals surface area contributed by atoms with Crippen molar-refractivity contribution in [3.8, 4) is 11.3 Å². The molecule has 0 atom stereocenters. The average Bonchev–Trinajstić information content (AvgIpc) is 3.16. The summed E-state index contributed by atoms with van der Waals surface area (Å²) in [6.07, 6.45) is -5.85. The van der Waals surface area contributed by atoms with Crippen LogP contribution in [0.15, 0.2) is 36.5 Å². The molecule has 1 aromatic carbocycles. The lowest BCUT2D eigenvalue weighted by Gasteiger charge is -2.10. The average molecular weight is 494 g/mol. The molecule has 0 aliphatic rings. The van der Waals surface area contributed by atoms with Gasteiger partial charge in [-0.3, -0.25) is 19.9 Å². The molecule has 0 bridgehead atoms. The van der Waals surface area contributed by atoms with Crippen LogP contribution in [-0.2, 0) is 17.4 Å². The Balaban J connectivity index is 1.83. The molecule has 1 amide bonds. The summed E-state index contributed by atoms with van der Waals surface area (Å²) in [7, 11) is 0. The number of pyridine rings is 1. The van der Waals surface area contributed by atoms with Gasteiger partial charge in [0.15, 0.2) is 0 Å². The number of rotatable bonds is 8. The highest BCUT2D eigenvalue weighted by atomic mass is 19.4. The molecule has 0 aliphatic carbocycles. The van der Waals surface area contributed by atoms with Crippen molar-refractivity contribution in [2.45, 2.75) is 46.2 Å². The van der Waals surface area contributed by atoms with Crippen LogP contribution >= 0.6 is 0 Å². The SMILES string of the molecule is Cc1[nH]c(NC(=O)c2cc(CCC(=O)C(C)C)cnc2C(F)F)nc1-c1ccc(C(F)(F)F)cc1. The number of aromatic amines is 1. The highest BCUT2D eigenvalue weighted by molar-refractivity contribution is 6.04. The fourth-order valence-electron chi connectivity index (χ4n) is 3.36. The van der Waals surface area contributed by atoms with Gasteiger partial charge in [0.05, 0.1) is 16.8 Å². The molecule has 2 heterocycles. The van der Waals surface area contributed by atoms with Gasteiger partial charge in [-0.25, -0.2) is 13.8 Å². The van der Waals surface area contributed by atoms with Gasteiger partial charge in [-0.2, -0.15) is 13.2 Å². The van der Waals surface area contributed by atoms with E-state index >= 15 is 0 Å². The van der Waals surface area contributed by atoms with Crippen molar-refractivity contribution in [1.82, 2.24) is 15.0 Å². The van der Waals surface area contributed by atoms with E-state index in [1.54, 1.807) is 20.8 Å². The number of alkyl halides is 5. The highest BCUT2D eigenvalue weighted by Gasteiger charge is 2.30. The summed E-state index contributed by atoms with van der Waals surface area (Å²) < 4.78 is 65.4. The number of amides is 1. The summed E-state index contributed by atoms with van der Waals surface area (Å²) in [5.41, 5.74) is -0.318. The molecule has 0 radical (unpaired) electrons. The molecule has 0 aliphatic heterocycles. The Kier molecular flexibility index (Phi) is 7.67. The molecule has 6 nitrogen and oxygen atoms in total. The molecule has 3 rings (SSSR count). The zero-order valence-corrected chi connectivity index (χ0v) is 19.1. The summed E-state index contributed by atoms with van der Waals surface area (Å²) in [6.45, 7) is 5.11. The predicted molar refractivity (Wildman–Crippen MR) is 119 cm³/mol. The minimum absolute atomic E-state index is 0.00389. The predicted octanol–water partition coefficient (Wildman–Crippen LogP) is 6.15. The van der Waals surface area contributed by atoms with Gasteiger partial charge < -0.3 is 4.98 Å². The third-order valence-corrected chi connectivity index (χ3v) is 5.33. The van der Waals surface area contributed by atoms with Gasteiger partial charge in [0.2, 0.25) is 5.95 Å². The van der Waals surface area contributed by atoms with Crippen LogP contribution < -0.4 is 5.32 Å². The van der Waals surface area contributed by atoms with Gasteiger partial charge in [-0.1, -0.05) is 26.0 Å². The summed E-state index contributed by atoms with van der Waals surface area (Å²) in [6, 6.07) is 5.59. The van der Waals surface area contributed by atoms with Crippen LogP contribution in [0.5, 0.6) is 0 Å². The van der Waals surface area contributed by atoms with Crippen LogP contribution in [0.3, 0.4) is 0 Å². The number of benzene rings is 1. The van der Waals surface area contributed by atoms with Crippen LogP contribution in [0.2, 0.25) is 0 Å². The van der Waals surface area contributed by atoms with Crippen molar-refractivity contribution in [3.63, 3.8) is 0 Å². The first-order valence-corrected chi connectivity index (χ1v) is 10.7. The summed E-state index contributed by atoms with van der Waals surface area (Å²) >= 11 is 0. The Morgan fingerprint density at radius 1 is 1.11 bits per heavy atom. The van der Waals surface area contributed by atoms with E-state index in [0.29, 0.717) is 22.5 Å². The topological polar surface area (TPSA) is 87.7 Å². The molecule has 2 N–H and O–H groups in total. The van der Waals surface area contributed by atoms with E-state index in [9.17, 15) is 31.5 Å². The Bertz CT molecular complexity index is 1220. The molecule has 0 saturated heterocycles. The lowest BCUT2D eigenvalue weighted by Crippen LogP contribution is -2.17. The van der Waals surface area contributed by atoms with Crippen molar-refractivity contribution < 1.29 is 31.5 Å². The first-order chi connectivity index (χ1) is 16.4. The van der Waals surface area contributed by atoms with Gasteiger partial charge in [-0.05, 0) is 37.1 Å². The van der Waals surface area contributed by atoms with E-state index in [0.717, 1.165) is 12.1 Å². The van der Waals surface area contributed by atoms with Crippen molar-refractivity contribution in [2.24, 2.45) is 5.92 Å². The summed E-state index contributed by atoms with van der Waals surface area (Å²) in [4.78, 5) is 35.4. The van der Waals surface area contributed by atoms with E-state index in [4.69, 9.17) is 0 Å². The summed E-state index contributed by atoms with van der Waals surface area (Å²) in [5, 5.41) is 2.40. The van der Waals surface area contributed by atoms with Crippen LogP contribution in [0, 0.1) is 12.8 Å². The Labute approximate surface area is 198 Å². The number of imidazole rings is 1. The monoisotopic (exact) mass is 494 g/mol. The quantitative estimate of drug-likeness (QED) is 0.368. The molecule has 0 unspecified atom stereocenters. The van der Waals surface area contributed by atoms with E-state index in [1.165, 1.54) is 24.4 Å². The minimum atomic E-state index is -4.48. The number of halogens is 5. The van der Waals surface area contributed by atoms with E-state index in [2.05, 4.69) is 20.3 Å². The van der Waals surface area contributed by atoms with Crippen LogP contribution in [0.1, 0.15) is 59.6 Å². The first kappa shape index (κ1) is 26.0. The molecule has 11 heteroatoms. The molecular formula is C24H23F5N4O2. The number of nitrogens with zero attached hydrogens (tertiary/aromatic N) is 2. The maximum atomic E-state index is 13.5. The Morgan fingerprint density at radius 2 is 1.77 bits per heavy atom. The maximum absolute atomic E-state index is 13.5. The molecular weight excluding hydrogens is 471 g/mol. The standard InChI is InChI=1S/C24H23F5N4O2/c1-12(2)18(34)9-4-14-10-17(20(21(25)26)30-11-14)22(35)33-23-31-13(3)19(32-23)15-5-7-16(8-6-15)24(27,28)29/h5-8,10-12,21H,4,9H2,1-3H3,(H2,31,32,33,35). The number of hydrogen-bond acceptors (Lipinski definition) is 4. The number of aryl methyl sites for hydroxylation is 2. The largest absolute Gasteiger partial charge is 0.416 e. The number of aromatic nitrogens is 3. The number of carbonyl (C=O) groups is 2. The number of Topliss-reactive ketones (excluding diaryl/α,β-unsaturated/α-hetero) is 1. The summed E-state index contributed by atoms with van der Waals surface area (Å²) in [5.74, 6) is -1.14. The lowest BCUT2D eigenvalue weighted by atomic mass is 10.0. The van der Waals surface area contributed by atoms with Crippen molar-refractivity contribution in [2.75, 3.05) is 5.32 Å². The number of H-pyrrole nitrogens is 1. The second-order valence-electron chi connectivity index (χ2n) is 8.29. The zero-order chi connectivity index (χ0) is 25.9. The fraction of sp³-hybridized carbons (Fsp3) is 0.333. The number of nitrogens with one attached hydrogen (secondary N) is 2. The molecule has 0 spiro atoms. The number of anilines is 1. The number of ketones is 1. The molecule has 2 aromatic heterocycles. The van der Waals surface area contributed by atoms with Crippen LogP contribution in [0.4, 0.5) is 27.9 Å². The minimum Gasteiger partial charge on any atom is -0.328 e. The lowest BCUT2D eigenvalue weighted by molar-refractivity contribution is -0.137. The van der Waals surface area contributed by atoms with E-state index < -0.39 is 29.8 Å². The van der Waals surface area contributed by atoms with Gasteiger partial charge in [-0.15, -0.1) is 0 Å². The maximum Gasteiger partial charge on any atom is 0.416 e.